The van der Waals surface area contributed by atoms with E-state index in [1.54, 1.807) is 0 Å². The van der Waals surface area contributed by atoms with E-state index in [9.17, 15) is 0 Å². The van der Waals surface area contributed by atoms with Crippen molar-refractivity contribution in [3.8, 4) is 11.4 Å². The molecule has 0 unspecified atom stereocenters. The van der Waals surface area contributed by atoms with Gasteiger partial charge in [-0.2, -0.15) is 10.2 Å². The number of aryl methyl sites for hydroxylation is 3. The second kappa shape index (κ2) is 7.11. The van der Waals surface area contributed by atoms with Crippen molar-refractivity contribution in [1.29, 1.82) is 0 Å². The van der Waals surface area contributed by atoms with E-state index in [0.29, 0.717) is 0 Å². The highest BCUT2D eigenvalue weighted by Gasteiger charge is 2.04. The molecular weight excluding hydrogens is 334 g/mol. The third-order valence-corrected chi connectivity index (χ3v) is 4.55. The number of hydrogen-bond donors (Lipinski definition) is 1. The number of aromatic nitrogens is 4. The number of anilines is 1. The summed E-state index contributed by atoms with van der Waals surface area (Å²) >= 11 is 0. The highest BCUT2D eigenvalue weighted by Crippen LogP contribution is 2.17. The standard InChI is InChI=1S/C22H23N5/c1-16-4-8-21(9-5-16)26-15-19(14-24-26)13-23-20-6-10-22(11-7-20)27-18(3)12-17(2)25-27/h4-12,14-15,23H,13H2,1-3H3. The minimum Gasteiger partial charge on any atom is -0.381 e. The lowest BCUT2D eigenvalue weighted by atomic mass is 10.2. The van der Waals surface area contributed by atoms with Crippen LogP contribution in [0.4, 0.5) is 5.69 Å². The molecule has 0 saturated carbocycles. The van der Waals surface area contributed by atoms with Crippen molar-refractivity contribution in [2.45, 2.75) is 27.3 Å². The molecule has 0 radical (unpaired) electrons. The lowest BCUT2D eigenvalue weighted by Crippen LogP contribution is -2.01. The Morgan fingerprint density at radius 3 is 2.26 bits per heavy atom. The number of nitrogens with zero attached hydrogens (tertiary/aromatic N) is 4. The molecule has 136 valence electrons. The third-order valence-electron chi connectivity index (χ3n) is 4.55. The maximum absolute atomic E-state index is 4.53. The van der Waals surface area contributed by atoms with Crippen LogP contribution < -0.4 is 5.32 Å². The fraction of sp³-hybridized carbons (Fsp3) is 0.182. The molecule has 5 nitrogen and oxygen atoms in total. The van der Waals surface area contributed by atoms with Gasteiger partial charge in [0.15, 0.2) is 0 Å². The number of benzene rings is 2. The third kappa shape index (κ3) is 3.77. The SMILES string of the molecule is Cc1ccc(-n2cc(CNc3ccc(-n4nc(C)cc4C)cc3)cn2)cc1. The van der Waals surface area contributed by atoms with Crippen molar-refractivity contribution >= 4 is 5.69 Å². The van der Waals surface area contributed by atoms with Gasteiger partial charge in [-0.3, -0.25) is 0 Å². The highest BCUT2D eigenvalue weighted by molar-refractivity contribution is 5.49. The van der Waals surface area contributed by atoms with Gasteiger partial charge in [-0.1, -0.05) is 17.7 Å². The Morgan fingerprint density at radius 2 is 1.59 bits per heavy atom. The Morgan fingerprint density at radius 1 is 0.889 bits per heavy atom. The highest BCUT2D eigenvalue weighted by atomic mass is 15.3. The maximum atomic E-state index is 4.53. The average Bonchev–Trinajstić information content (AvgIpc) is 3.27. The van der Waals surface area contributed by atoms with Gasteiger partial charge in [0.05, 0.1) is 23.3 Å². The Bertz CT molecular complexity index is 1040. The molecule has 4 rings (SSSR count). The molecular formula is C22H23N5. The molecule has 1 N–H and O–H groups in total. The summed E-state index contributed by atoms with van der Waals surface area (Å²) in [6, 6.07) is 18.8. The van der Waals surface area contributed by atoms with Gasteiger partial charge in [0, 0.05) is 29.7 Å². The molecule has 0 amide bonds. The first-order chi connectivity index (χ1) is 13.1. The molecule has 0 aliphatic heterocycles. The van der Waals surface area contributed by atoms with E-state index in [2.05, 4.69) is 90.2 Å². The smallest absolute Gasteiger partial charge is 0.0650 e. The molecule has 0 saturated heterocycles. The molecule has 2 aromatic carbocycles. The summed E-state index contributed by atoms with van der Waals surface area (Å²) in [5.74, 6) is 0. The molecule has 0 fully saturated rings. The number of rotatable bonds is 5. The van der Waals surface area contributed by atoms with Gasteiger partial charge >= 0.3 is 0 Å². The largest absolute Gasteiger partial charge is 0.381 e. The molecule has 0 spiro atoms. The van der Waals surface area contributed by atoms with E-state index in [1.807, 2.05) is 22.5 Å². The molecule has 0 atom stereocenters. The molecule has 2 heterocycles. The molecule has 0 aliphatic carbocycles. The van der Waals surface area contributed by atoms with Gasteiger partial charge in [-0.05, 0) is 63.2 Å². The zero-order valence-corrected chi connectivity index (χ0v) is 15.8. The van der Waals surface area contributed by atoms with Gasteiger partial charge in [0.25, 0.3) is 0 Å². The molecule has 4 aromatic rings. The normalized spacial score (nSPS) is 10.9. The predicted octanol–water partition coefficient (Wildman–Crippen LogP) is 4.60. The average molecular weight is 357 g/mol. The van der Waals surface area contributed by atoms with Crippen molar-refractivity contribution in [1.82, 2.24) is 19.6 Å². The van der Waals surface area contributed by atoms with Crippen LogP contribution in [0.5, 0.6) is 0 Å². The van der Waals surface area contributed by atoms with Crippen molar-refractivity contribution in [3.63, 3.8) is 0 Å². The summed E-state index contributed by atoms with van der Waals surface area (Å²) < 4.78 is 3.87. The minimum absolute atomic E-state index is 0.727. The Hall–Kier alpha value is -3.34. The summed E-state index contributed by atoms with van der Waals surface area (Å²) in [6.45, 7) is 6.89. The Labute approximate surface area is 159 Å². The second-order valence-electron chi connectivity index (χ2n) is 6.87. The summed E-state index contributed by atoms with van der Waals surface area (Å²) in [4.78, 5) is 0. The Balaban J connectivity index is 1.42. The topological polar surface area (TPSA) is 47.7 Å². The predicted molar refractivity (Wildman–Crippen MR) is 109 cm³/mol. The first-order valence-electron chi connectivity index (χ1n) is 9.07. The van der Waals surface area contributed by atoms with Crippen LogP contribution in [0.2, 0.25) is 0 Å². The van der Waals surface area contributed by atoms with Gasteiger partial charge in [0.2, 0.25) is 0 Å². The van der Waals surface area contributed by atoms with Crippen LogP contribution >= 0.6 is 0 Å². The zero-order valence-electron chi connectivity index (χ0n) is 15.8. The van der Waals surface area contributed by atoms with E-state index in [0.717, 1.165) is 40.6 Å². The quantitative estimate of drug-likeness (QED) is 0.568. The van der Waals surface area contributed by atoms with Crippen LogP contribution in [0.3, 0.4) is 0 Å². The molecule has 27 heavy (non-hydrogen) atoms. The monoisotopic (exact) mass is 357 g/mol. The summed E-state index contributed by atoms with van der Waals surface area (Å²) in [7, 11) is 0. The van der Waals surface area contributed by atoms with Crippen LogP contribution in [0.25, 0.3) is 11.4 Å². The lowest BCUT2D eigenvalue weighted by Gasteiger charge is -2.08. The lowest BCUT2D eigenvalue weighted by molar-refractivity contribution is 0.833. The zero-order chi connectivity index (χ0) is 18.8. The van der Waals surface area contributed by atoms with Crippen LogP contribution in [-0.4, -0.2) is 19.6 Å². The Kier molecular flexibility index (Phi) is 4.50. The van der Waals surface area contributed by atoms with E-state index in [-0.39, 0.29) is 0 Å². The van der Waals surface area contributed by atoms with Crippen molar-refractivity contribution < 1.29 is 0 Å². The first kappa shape index (κ1) is 17.1. The fourth-order valence-corrected chi connectivity index (χ4v) is 3.10. The van der Waals surface area contributed by atoms with Crippen molar-refractivity contribution in [2.24, 2.45) is 0 Å². The fourth-order valence-electron chi connectivity index (χ4n) is 3.10. The first-order valence-corrected chi connectivity index (χ1v) is 9.07. The number of nitrogens with one attached hydrogen (secondary N) is 1. The van der Waals surface area contributed by atoms with Gasteiger partial charge in [0.1, 0.15) is 0 Å². The molecule has 2 aromatic heterocycles. The van der Waals surface area contributed by atoms with E-state index < -0.39 is 0 Å². The molecule has 0 bridgehead atoms. The van der Waals surface area contributed by atoms with Crippen molar-refractivity contribution in [3.05, 3.63) is 89.5 Å². The molecule has 5 heteroatoms. The van der Waals surface area contributed by atoms with Gasteiger partial charge < -0.3 is 5.32 Å². The van der Waals surface area contributed by atoms with Crippen LogP contribution in [0, 0.1) is 20.8 Å². The van der Waals surface area contributed by atoms with E-state index >= 15 is 0 Å². The van der Waals surface area contributed by atoms with Crippen LogP contribution in [0.1, 0.15) is 22.5 Å². The summed E-state index contributed by atoms with van der Waals surface area (Å²) in [5, 5.41) is 12.4. The van der Waals surface area contributed by atoms with Crippen LogP contribution in [-0.2, 0) is 6.54 Å². The van der Waals surface area contributed by atoms with E-state index in [1.165, 1.54) is 5.56 Å². The number of hydrogen-bond acceptors (Lipinski definition) is 3. The minimum atomic E-state index is 0.727. The maximum Gasteiger partial charge on any atom is 0.0650 e. The molecule has 0 aliphatic rings. The van der Waals surface area contributed by atoms with Crippen molar-refractivity contribution in [2.75, 3.05) is 5.32 Å². The van der Waals surface area contributed by atoms with Gasteiger partial charge in [-0.15, -0.1) is 0 Å². The second-order valence-corrected chi connectivity index (χ2v) is 6.87. The summed E-state index contributed by atoms with van der Waals surface area (Å²) in [5.41, 5.74) is 7.76. The van der Waals surface area contributed by atoms with Gasteiger partial charge in [-0.25, -0.2) is 9.36 Å². The summed E-state index contributed by atoms with van der Waals surface area (Å²) in [6.07, 6.45) is 3.96. The van der Waals surface area contributed by atoms with E-state index in [4.69, 9.17) is 0 Å². The van der Waals surface area contributed by atoms with Crippen LogP contribution in [0.15, 0.2) is 67.0 Å².